The van der Waals surface area contributed by atoms with Crippen molar-refractivity contribution in [1.29, 1.82) is 0 Å². The molecule has 3 rings (SSSR count). The lowest BCUT2D eigenvalue weighted by Crippen LogP contribution is -2.27. The Morgan fingerprint density at radius 2 is 1.67 bits per heavy atom. The summed E-state index contributed by atoms with van der Waals surface area (Å²) in [5, 5.41) is -0.285. The Bertz CT molecular complexity index is 823. The largest absolute Gasteiger partial charge is 0.293 e. The van der Waals surface area contributed by atoms with Crippen molar-refractivity contribution in [2.75, 3.05) is 0 Å². The standard InChI is InChI=1S/C19H16FNO2S/c1-12-7-13(2)9-15(8-12)11-21-18(22)17(24-19(21)23)10-14-3-5-16(20)6-4-14/h3-10H,11H2,1-2H3/b17-10-. The van der Waals surface area contributed by atoms with Gasteiger partial charge in [0.25, 0.3) is 11.1 Å². The zero-order chi connectivity index (χ0) is 17.3. The lowest BCUT2D eigenvalue weighted by Gasteiger charge is -2.13. The molecule has 0 atom stereocenters. The molecule has 2 aromatic rings. The number of hydrogen-bond acceptors (Lipinski definition) is 3. The molecule has 1 fully saturated rings. The topological polar surface area (TPSA) is 37.4 Å². The van der Waals surface area contributed by atoms with Crippen molar-refractivity contribution in [3.63, 3.8) is 0 Å². The molecule has 5 heteroatoms. The summed E-state index contributed by atoms with van der Waals surface area (Å²) in [6.45, 7) is 4.23. The predicted molar refractivity (Wildman–Crippen MR) is 93.8 cm³/mol. The van der Waals surface area contributed by atoms with Gasteiger partial charge in [-0.15, -0.1) is 0 Å². The summed E-state index contributed by atoms with van der Waals surface area (Å²) in [5.41, 5.74) is 3.81. The van der Waals surface area contributed by atoms with Crippen molar-refractivity contribution < 1.29 is 14.0 Å². The van der Waals surface area contributed by atoms with Crippen LogP contribution in [-0.2, 0) is 11.3 Å². The van der Waals surface area contributed by atoms with Crippen molar-refractivity contribution in [3.05, 3.63) is 75.4 Å². The zero-order valence-corrected chi connectivity index (χ0v) is 14.2. The van der Waals surface area contributed by atoms with Crippen molar-refractivity contribution in [1.82, 2.24) is 4.90 Å². The molecule has 2 amide bonds. The lowest BCUT2D eigenvalue weighted by molar-refractivity contribution is -0.123. The van der Waals surface area contributed by atoms with Gasteiger partial charge in [-0.25, -0.2) is 4.39 Å². The van der Waals surface area contributed by atoms with E-state index in [1.165, 1.54) is 17.0 Å². The van der Waals surface area contributed by atoms with Gasteiger partial charge in [0.15, 0.2) is 0 Å². The van der Waals surface area contributed by atoms with Crippen molar-refractivity contribution >= 4 is 29.0 Å². The monoisotopic (exact) mass is 341 g/mol. The molecule has 1 aliphatic rings. The van der Waals surface area contributed by atoms with Crippen LogP contribution < -0.4 is 0 Å². The summed E-state index contributed by atoms with van der Waals surface area (Å²) < 4.78 is 13.0. The van der Waals surface area contributed by atoms with Crippen LogP contribution in [0.1, 0.15) is 22.3 Å². The van der Waals surface area contributed by atoms with Gasteiger partial charge < -0.3 is 0 Å². The number of rotatable bonds is 3. The van der Waals surface area contributed by atoms with E-state index in [0.29, 0.717) is 10.5 Å². The third kappa shape index (κ3) is 3.57. The number of amides is 2. The van der Waals surface area contributed by atoms with Gasteiger partial charge in [-0.1, -0.05) is 41.5 Å². The van der Waals surface area contributed by atoms with E-state index >= 15 is 0 Å². The smallest absolute Gasteiger partial charge is 0.268 e. The van der Waals surface area contributed by atoms with E-state index < -0.39 is 0 Å². The molecule has 2 aromatic carbocycles. The second kappa shape index (κ2) is 6.61. The van der Waals surface area contributed by atoms with Gasteiger partial charge in [0.1, 0.15) is 5.82 Å². The van der Waals surface area contributed by atoms with E-state index in [4.69, 9.17) is 0 Å². The Morgan fingerprint density at radius 1 is 1.04 bits per heavy atom. The van der Waals surface area contributed by atoms with Gasteiger partial charge in [0.05, 0.1) is 11.4 Å². The molecule has 1 heterocycles. The molecule has 0 aliphatic carbocycles. The van der Waals surface area contributed by atoms with Crippen LogP contribution in [0.3, 0.4) is 0 Å². The van der Waals surface area contributed by atoms with Crippen LogP contribution in [0, 0.1) is 19.7 Å². The van der Waals surface area contributed by atoms with Crippen LogP contribution in [0.25, 0.3) is 6.08 Å². The fourth-order valence-corrected chi connectivity index (χ4v) is 3.53. The molecule has 1 saturated heterocycles. The number of aryl methyl sites for hydroxylation is 2. The van der Waals surface area contributed by atoms with Crippen LogP contribution in [0.2, 0.25) is 0 Å². The van der Waals surface area contributed by atoms with Crippen LogP contribution in [0.4, 0.5) is 9.18 Å². The first-order valence-electron chi connectivity index (χ1n) is 7.50. The summed E-state index contributed by atoms with van der Waals surface area (Å²) in [4.78, 5) is 26.3. The number of halogens is 1. The minimum absolute atomic E-state index is 0.258. The van der Waals surface area contributed by atoms with E-state index in [1.807, 2.05) is 32.0 Å². The highest BCUT2D eigenvalue weighted by Crippen LogP contribution is 2.33. The van der Waals surface area contributed by atoms with E-state index in [1.54, 1.807) is 18.2 Å². The number of nitrogens with zero attached hydrogens (tertiary/aromatic N) is 1. The second-order valence-corrected chi connectivity index (χ2v) is 6.81. The minimum atomic E-state index is -0.338. The zero-order valence-electron chi connectivity index (χ0n) is 13.4. The molecule has 0 bridgehead atoms. The molecule has 122 valence electrons. The Balaban J connectivity index is 1.82. The Hall–Kier alpha value is -2.40. The first kappa shape index (κ1) is 16.5. The molecule has 0 aromatic heterocycles. The average molecular weight is 341 g/mol. The number of hydrogen-bond donors (Lipinski definition) is 0. The average Bonchev–Trinajstić information content (AvgIpc) is 2.76. The highest BCUT2D eigenvalue weighted by molar-refractivity contribution is 8.18. The normalized spacial score (nSPS) is 16.3. The number of carbonyl (C=O) groups excluding carboxylic acids is 2. The number of imide groups is 1. The predicted octanol–water partition coefficient (Wildman–Crippen LogP) is 4.68. The van der Waals surface area contributed by atoms with E-state index in [9.17, 15) is 14.0 Å². The molecule has 1 aliphatic heterocycles. The number of carbonyl (C=O) groups is 2. The van der Waals surface area contributed by atoms with E-state index in [2.05, 4.69) is 0 Å². The third-order valence-electron chi connectivity index (χ3n) is 3.66. The van der Waals surface area contributed by atoms with Crippen LogP contribution in [0.5, 0.6) is 0 Å². The third-order valence-corrected chi connectivity index (χ3v) is 4.57. The number of thioether (sulfide) groups is 1. The summed E-state index contributed by atoms with van der Waals surface area (Å²) in [5.74, 6) is -0.649. The van der Waals surface area contributed by atoms with Gasteiger partial charge in [0.2, 0.25) is 0 Å². The molecule has 0 unspecified atom stereocenters. The van der Waals surface area contributed by atoms with Crippen molar-refractivity contribution in [2.45, 2.75) is 20.4 Å². The summed E-state index contributed by atoms with van der Waals surface area (Å²) in [7, 11) is 0. The van der Waals surface area contributed by atoms with E-state index in [-0.39, 0.29) is 23.5 Å². The van der Waals surface area contributed by atoms with Gasteiger partial charge in [0, 0.05) is 0 Å². The van der Waals surface area contributed by atoms with Crippen molar-refractivity contribution in [3.8, 4) is 0 Å². The maximum Gasteiger partial charge on any atom is 0.293 e. The molecule has 0 N–H and O–H groups in total. The molecule has 0 spiro atoms. The van der Waals surface area contributed by atoms with Crippen LogP contribution in [-0.4, -0.2) is 16.0 Å². The fraction of sp³-hybridized carbons (Fsp3) is 0.158. The van der Waals surface area contributed by atoms with Gasteiger partial charge >= 0.3 is 0 Å². The molecular weight excluding hydrogens is 325 g/mol. The maximum atomic E-state index is 13.0. The fourth-order valence-electron chi connectivity index (χ4n) is 2.69. The lowest BCUT2D eigenvalue weighted by atomic mass is 10.1. The quantitative estimate of drug-likeness (QED) is 0.761. The highest BCUT2D eigenvalue weighted by Gasteiger charge is 2.34. The maximum absolute atomic E-state index is 13.0. The Labute approximate surface area is 144 Å². The highest BCUT2D eigenvalue weighted by atomic mass is 32.2. The SMILES string of the molecule is Cc1cc(C)cc(CN2C(=O)S/C(=C\c3ccc(F)cc3)C2=O)c1. The van der Waals surface area contributed by atoms with Gasteiger partial charge in [-0.3, -0.25) is 14.5 Å². The molecular formula is C19H16FNO2S. The Morgan fingerprint density at radius 3 is 2.29 bits per heavy atom. The van der Waals surface area contributed by atoms with Crippen LogP contribution >= 0.6 is 11.8 Å². The molecule has 0 radical (unpaired) electrons. The Kier molecular flexibility index (Phi) is 4.53. The van der Waals surface area contributed by atoms with Gasteiger partial charge in [-0.05, 0) is 54.9 Å². The summed E-state index contributed by atoms with van der Waals surface area (Å²) >= 11 is 0.913. The molecule has 0 saturated carbocycles. The summed E-state index contributed by atoms with van der Waals surface area (Å²) in [6.07, 6.45) is 1.62. The first-order chi connectivity index (χ1) is 11.4. The van der Waals surface area contributed by atoms with Gasteiger partial charge in [-0.2, -0.15) is 0 Å². The van der Waals surface area contributed by atoms with Crippen molar-refractivity contribution in [2.24, 2.45) is 0 Å². The second-order valence-electron chi connectivity index (χ2n) is 5.82. The van der Waals surface area contributed by atoms with E-state index in [0.717, 1.165) is 28.5 Å². The first-order valence-corrected chi connectivity index (χ1v) is 8.32. The molecule has 24 heavy (non-hydrogen) atoms. The number of benzene rings is 2. The minimum Gasteiger partial charge on any atom is -0.268 e. The summed E-state index contributed by atoms with van der Waals surface area (Å²) in [6, 6.07) is 11.8. The molecule has 3 nitrogen and oxygen atoms in total. The van der Waals surface area contributed by atoms with Crippen LogP contribution in [0.15, 0.2) is 47.4 Å².